The Labute approximate surface area is 128 Å². The maximum atomic E-state index is 13.6. The van der Waals surface area contributed by atoms with E-state index in [0.29, 0.717) is 0 Å². The molecule has 0 aliphatic heterocycles. The zero-order valence-electron chi connectivity index (χ0n) is 10.2. The van der Waals surface area contributed by atoms with Gasteiger partial charge in [0, 0.05) is 0 Å². The van der Waals surface area contributed by atoms with E-state index in [4.69, 9.17) is 28.3 Å². The number of halogens is 3. The number of carbonyl (C=O) groups is 2. The fraction of sp³-hybridized carbons (Fsp3) is 0. The molecular formula is C13H7Cl2FN2O3. The van der Waals surface area contributed by atoms with Crippen molar-refractivity contribution < 1.29 is 19.1 Å². The second kappa shape index (κ2) is 6.07. The third kappa shape index (κ3) is 3.48. The number of aromatic nitrogens is 1. The summed E-state index contributed by atoms with van der Waals surface area (Å²) in [5, 5.41) is 11.1. The molecule has 2 N–H and O–H groups in total. The molecule has 0 aliphatic rings. The number of carboxylic acid groups (broad SMARTS) is 1. The van der Waals surface area contributed by atoms with Crippen molar-refractivity contribution in [2.24, 2.45) is 0 Å². The smallest absolute Gasteiger partial charge is 0.335 e. The first kappa shape index (κ1) is 15.2. The lowest BCUT2D eigenvalue weighted by molar-refractivity contribution is 0.0696. The molecule has 1 aromatic carbocycles. The fourth-order valence-corrected chi connectivity index (χ4v) is 1.85. The minimum Gasteiger partial charge on any atom is -0.478 e. The molecule has 21 heavy (non-hydrogen) atoms. The summed E-state index contributed by atoms with van der Waals surface area (Å²) >= 11 is 11.5. The van der Waals surface area contributed by atoms with E-state index >= 15 is 0 Å². The van der Waals surface area contributed by atoms with E-state index in [1.165, 1.54) is 12.1 Å². The molecule has 2 aromatic rings. The highest BCUT2D eigenvalue weighted by molar-refractivity contribution is 6.35. The number of aromatic carboxylic acids is 1. The van der Waals surface area contributed by atoms with Crippen LogP contribution in [0.3, 0.4) is 0 Å². The average molecular weight is 329 g/mol. The van der Waals surface area contributed by atoms with Crippen LogP contribution in [0.25, 0.3) is 0 Å². The van der Waals surface area contributed by atoms with Crippen molar-refractivity contribution in [1.82, 2.24) is 4.98 Å². The van der Waals surface area contributed by atoms with Crippen LogP contribution in [0.1, 0.15) is 20.8 Å². The first-order chi connectivity index (χ1) is 9.88. The summed E-state index contributed by atoms with van der Waals surface area (Å²) in [7, 11) is 0. The van der Waals surface area contributed by atoms with Gasteiger partial charge in [0.05, 0.1) is 16.3 Å². The topological polar surface area (TPSA) is 79.3 Å². The van der Waals surface area contributed by atoms with Crippen molar-refractivity contribution in [2.45, 2.75) is 0 Å². The van der Waals surface area contributed by atoms with Crippen LogP contribution in [0.2, 0.25) is 10.2 Å². The standard InChI is InChI=1S/C13H7Cl2FN2O3/c14-7-2-4-10(15)18-11(7)12(19)17-9-5-6(13(20)21)1-3-8(9)16/h1-5H,(H,17,19)(H,20,21). The number of benzene rings is 1. The predicted molar refractivity (Wildman–Crippen MR) is 75.6 cm³/mol. The zero-order chi connectivity index (χ0) is 15.6. The quantitative estimate of drug-likeness (QED) is 0.845. The molecule has 0 radical (unpaired) electrons. The first-order valence-electron chi connectivity index (χ1n) is 5.54. The van der Waals surface area contributed by atoms with E-state index in [1.54, 1.807) is 0 Å². The van der Waals surface area contributed by atoms with E-state index in [-0.39, 0.29) is 27.1 Å². The van der Waals surface area contributed by atoms with Crippen molar-refractivity contribution >= 4 is 40.8 Å². The van der Waals surface area contributed by atoms with Gasteiger partial charge in [-0.25, -0.2) is 14.2 Å². The first-order valence-corrected chi connectivity index (χ1v) is 6.30. The Hall–Kier alpha value is -2.18. The van der Waals surface area contributed by atoms with Crippen molar-refractivity contribution in [1.29, 1.82) is 0 Å². The number of amides is 1. The molecule has 1 aromatic heterocycles. The second-order valence-corrected chi connectivity index (χ2v) is 4.71. The Morgan fingerprint density at radius 3 is 2.57 bits per heavy atom. The lowest BCUT2D eigenvalue weighted by Gasteiger charge is -2.08. The maximum absolute atomic E-state index is 13.6. The van der Waals surface area contributed by atoms with E-state index in [1.807, 2.05) is 0 Å². The molecule has 0 saturated heterocycles. The van der Waals surface area contributed by atoms with Gasteiger partial charge in [0.25, 0.3) is 5.91 Å². The summed E-state index contributed by atoms with van der Waals surface area (Å²) < 4.78 is 13.6. The lowest BCUT2D eigenvalue weighted by Crippen LogP contribution is -2.16. The van der Waals surface area contributed by atoms with Crippen LogP contribution < -0.4 is 5.32 Å². The van der Waals surface area contributed by atoms with Crippen LogP contribution in [0.5, 0.6) is 0 Å². The van der Waals surface area contributed by atoms with Gasteiger partial charge in [0.15, 0.2) is 0 Å². The van der Waals surface area contributed by atoms with E-state index < -0.39 is 17.7 Å². The van der Waals surface area contributed by atoms with Crippen LogP contribution in [-0.2, 0) is 0 Å². The van der Waals surface area contributed by atoms with Gasteiger partial charge in [-0.2, -0.15) is 0 Å². The SMILES string of the molecule is O=C(O)c1ccc(F)c(NC(=O)c2nc(Cl)ccc2Cl)c1. The highest BCUT2D eigenvalue weighted by atomic mass is 35.5. The Kier molecular flexibility index (Phi) is 4.40. The molecule has 0 unspecified atom stereocenters. The molecule has 8 heteroatoms. The number of hydrogen-bond acceptors (Lipinski definition) is 3. The van der Waals surface area contributed by atoms with Gasteiger partial charge in [0.1, 0.15) is 16.7 Å². The van der Waals surface area contributed by atoms with Gasteiger partial charge in [-0.3, -0.25) is 4.79 Å². The number of pyridine rings is 1. The summed E-state index contributed by atoms with van der Waals surface area (Å²) in [6.07, 6.45) is 0. The van der Waals surface area contributed by atoms with Gasteiger partial charge in [-0.15, -0.1) is 0 Å². The van der Waals surface area contributed by atoms with Crippen molar-refractivity contribution in [3.63, 3.8) is 0 Å². The van der Waals surface area contributed by atoms with E-state index in [2.05, 4.69) is 10.3 Å². The Morgan fingerprint density at radius 2 is 1.90 bits per heavy atom. The van der Waals surface area contributed by atoms with Gasteiger partial charge < -0.3 is 10.4 Å². The molecule has 1 heterocycles. The summed E-state index contributed by atoms with van der Waals surface area (Å²) in [6, 6.07) is 5.78. The van der Waals surface area contributed by atoms with E-state index in [9.17, 15) is 14.0 Å². The zero-order valence-corrected chi connectivity index (χ0v) is 11.7. The maximum Gasteiger partial charge on any atom is 0.335 e. The lowest BCUT2D eigenvalue weighted by atomic mass is 10.2. The minimum absolute atomic E-state index is 0.0340. The van der Waals surface area contributed by atoms with Crippen LogP contribution >= 0.6 is 23.2 Å². The summed E-state index contributed by atoms with van der Waals surface area (Å²) in [6.45, 7) is 0. The van der Waals surface area contributed by atoms with E-state index in [0.717, 1.165) is 18.2 Å². The number of carbonyl (C=O) groups excluding carboxylic acids is 1. The van der Waals surface area contributed by atoms with Crippen LogP contribution in [-0.4, -0.2) is 22.0 Å². The van der Waals surface area contributed by atoms with Crippen LogP contribution in [0.4, 0.5) is 10.1 Å². The highest BCUT2D eigenvalue weighted by Crippen LogP contribution is 2.21. The summed E-state index contributed by atoms with van der Waals surface area (Å²) in [5.74, 6) is -2.83. The molecule has 0 saturated carbocycles. The highest BCUT2D eigenvalue weighted by Gasteiger charge is 2.16. The van der Waals surface area contributed by atoms with Crippen molar-refractivity contribution in [3.05, 3.63) is 57.6 Å². The van der Waals surface area contributed by atoms with Crippen LogP contribution in [0.15, 0.2) is 30.3 Å². The average Bonchev–Trinajstić information content (AvgIpc) is 2.43. The van der Waals surface area contributed by atoms with Crippen molar-refractivity contribution in [2.75, 3.05) is 5.32 Å². The number of rotatable bonds is 3. The predicted octanol–water partition coefficient (Wildman–Crippen LogP) is 3.48. The monoisotopic (exact) mass is 328 g/mol. The molecule has 0 aliphatic carbocycles. The summed E-state index contributed by atoms with van der Waals surface area (Å²) in [5.41, 5.74) is -0.654. The number of anilines is 1. The molecule has 5 nitrogen and oxygen atoms in total. The van der Waals surface area contributed by atoms with Gasteiger partial charge >= 0.3 is 5.97 Å². The second-order valence-electron chi connectivity index (χ2n) is 3.92. The molecule has 0 fully saturated rings. The molecule has 0 spiro atoms. The molecule has 0 atom stereocenters. The number of nitrogens with zero attached hydrogens (tertiary/aromatic N) is 1. The number of nitrogens with one attached hydrogen (secondary N) is 1. The number of hydrogen-bond donors (Lipinski definition) is 2. The molecule has 1 amide bonds. The molecule has 2 rings (SSSR count). The Morgan fingerprint density at radius 1 is 1.19 bits per heavy atom. The molecule has 108 valence electrons. The van der Waals surface area contributed by atoms with Gasteiger partial charge in [-0.1, -0.05) is 23.2 Å². The molecular weight excluding hydrogens is 322 g/mol. The normalized spacial score (nSPS) is 10.2. The third-order valence-electron chi connectivity index (χ3n) is 2.49. The van der Waals surface area contributed by atoms with Crippen molar-refractivity contribution in [3.8, 4) is 0 Å². The fourth-order valence-electron chi connectivity index (χ4n) is 1.51. The molecule has 0 bridgehead atoms. The summed E-state index contributed by atoms with van der Waals surface area (Å²) in [4.78, 5) is 26.6. The van der Waals surface area contributed by atoms with Gasteiger partial charge in [-0.05, 0) is 30.3 Å². The Bertz CT molecular complexity index is 737. The van der Waals surface area contributed by atoms with Gasteiger partial charge in [0.2, 0.25) is 0 Å². The van der Waals surface area contributed by atoms with Crippen LogP contribution in [0, 0.1) is 5.82 Å². The largest absolute Gasteiger partial charge is 0.478 e. The Balaban J connectivity index is 2.33. The third-order valence-corrected chi connectivity index (χ3v) is 3.00. The minimum atomic E-state index is -1.25. The number of carboxylic acids is 1.